The van der Waals surface area contributed by atoms with Crippen molar-refractivity contribution < 1.29 is 8.42 Å². The molecule has 0 aromatic rings. The third-order valence-corrected chi connectivity index (χ3v) is 3.02. The van der Waals surface area contributed by atoms with Gasteiger partial charge in [0.1, 0.15) is 0 Å². The molecule has 0 radical (unpaired) electrons. The topological polar surface area (TPSA) is 73.2 Å². The number of nitriles is 1. The number of hydrogen-bond donors (Lipinski definition) is 1. The Bertz CT molecular complexity index is 312. The SMILES string of the molecule is CS(=O)(=O)NC1CCN(CC#N)CC1. The minimum atomic E-state index is -3.09. The molecule has 14 heavy (non-hydrogen) atoms. The number of likely N-dealkylation sites (tertiary alicyclic amines) is 1. The summed E-state index contributed by atoms with van der Waals surface area (Å²) in [5.41, 5.74) is 0. The maximum absolute atomic E-state index is 10.9. The molecule has 1 heterocycles. The van der Waals surface area contributed by atoms with Gasteiger partial charge in [-0.25, -0.2) is 13.1 Å². The molecule has 1 fully saturated rings. The molecule has 1 rings (SSSR count). The van der Waals surface area contributed by atoms with Crippen LogP contribution in [0.1, 0.15) is 12.8 Å². The van der Waals surface area contributed by atoms with E-state index in [0.717, 1.165) is 25.9 Å². The number of rotatable bonds is 3. The first kappa shape index (κ1) is 11.4. The van der Waals surface area contributed by atoms with Crippen molar-refractivity contribution in [2.45, 2.75) is 18.9 Å². The Morgan fingerprint density at radius 1 is 1.50 bits per heavy atom. The average Bonchev–Trinajstić information content (AvgIpc) is 2.06. The fourth-order valence-corrected chi connectivity index (χ4v) is 2.45. The molecule has 0 unspecified atom stereocenters. The summed E-state index contributed by atoms with van der Waals surface area (Å²) in [5.74, 6) is 0. The van der Waals surface area contributed by atoms with E-state index in [1.54, 1.807) is 0 Å². The van der Waals surface area contributed by atoms with Gasteiger partial charge < -0.3 is 0 Å². The zero-order valence-corrected chi connectivity index (χ0v) is 9.05. The molecule has 6 heteroatoms. The van der Waals surface area contributed by atoms with Crippen LogP contribution in [0.2, 0.25) is 0 Å². The predicted molar refractivity (Wildman–Crippen MR) is 53.1 cm³/mol. The highest BCUT2D eigenvalue weighted by molar-refractivity contribution is 7.88. The molecule has 80 valence electrons. The second kappa shape index (κ2) is 4.73. The summed E-state index contributed by atoms with van der Waals surface area (Å²) in [7, 11) is -3.09. The lowest BCUT2D eigenvalue weighted by Crippen LogP contribution is -2.44. The summed E-state index contributed by atoms with van der Waals surface area (Å²) in [6.07, 6.45) is 2.75. The molecule has 1 saturated heterocycles. The number of hydrogen-bond acceptors (Lipinski definition) is 4. The highest BCUT2D eigenvalue weighted by Crippen LogP contribution is 2.10. The Morgan fingerprint density at radius 2 is 2.07 bits per heavy atom. The Balaban J connectivity index is 2.33. The van der Waals surface area contributed by atoms with Crippen molar-refractivity contribution in [2.75, 3.05) is 25.9 Å². The van der Waals surface area contributed by atoms with Crippen molar-refractivity contribution in [1.82, 2.24) is 9.62 Å². The zero-order chi connectivity index (χ0) is 10.6. The van der Waals surface area contributed by atoms with Gasteiger partial charge in [0.05, 0.1) is 18.9 Å². The number of piperidine rings is 1. The van der Waals surface area contributed by atoms with Crippen LogP contribution in [0.25, 0.3) is 0 Å². The van der Waals surface area contributed by atoms with Gasteiger partial charge in [0.2, 0.25) is 10.0 Å². The lowest BCUT2D eigenvalue weighted by Gasteiger charge is -2.30. The van der Waals surface area contributed by atoms with E-state index >= 15 is 0 Å². The van der Waals surface area contributed by atoms with Gasteiger partial charge in [-0.05, 0) is 12.8 Å². The fraction of sp³-hybridized carbons (Fsp3) is 0.875. The smallest absolute Gasteiger partial charge is 0.208 e. The van der Waals surface area contributed by atoms with Crippen LogP contribution >= 0.6 is 0 Å². The maximum atomic E-state index is 10.9. The number of nitrogens with zero attached hydrogens (tertiary/aromatic N) is 2. The minimum Gasteiger partial charge on any atom is -0.290 e. The second-order valence-electron chi connectivity index (χ2n) is 3.60. The maximum Gasteiger partial charge on any atom is 0.208 e. The molecular weight excluding hydrogens is 202 g/mol. The summed E-state index contributed by atoms with van der Waals surface area (Å²) >= 11 is 0. The normalized spacial score (nSPS) is 20.6. The van der Waals surface area contributed by atoms with Gasteiger partial charge in [-0.2, -0.15) is 5.26 Å². The van der Waals surface area contributed by atoms with Gasteiger partial charge in [-0.1, -0.05) is 0 Å². The van der Waals surface area contributed by atoms with E-state index < -0.39 is 10.0 Å². The Labute approximate surface area is 84.8 Å². The first-order valence-corrected chi connectivity index (χ1v) is 6.47. The van der Waals surface area contributed by atoms with Crippen molar-refractivity contribution >= 4 is 10.0 Å². The van der Waals surface area contributed by atoms with Crippen molar-refractivity contribution in [3.63, 3.8) is 0 Å². The number of nitrogens with one attached hydrogen (secondary N) is 1. The van der Waals surface area contributed by atoms with Crippen LogP contribution in [0, 0.1) is 11.3 Å². The van der Waals surface area contributed by atoms with Crippen LogP contribution in [-0.2, 0) is 10.0 Å². The molecule has 0 aliphatic carbocycles. The molecule has 0 atom stereocenters. The Hall–Kier alpha value is -0.640. The lowest BCUT2D eigenvalue weighted by molar-refractivity contribution is 0.229. The van der Waals surface area contributed by atoms with Gasteiger partial charge in [-0.3, -0.25) is 4.90 Å². The highest BCUT2D eigenvalue weighted by Gasteiger charge is 2.20. The molecule has 1 N–H and O–H groups in total. The van der Waals surface area contributed by atoms with E-state index in [0.29, 0.717) is 6.54 Å². The number of sulfonamides is 1. The van der Waals surface area contributed by atoms with E-state index in [2.05, 4.69) is 10.8 Å². The molecule has 0 saturated carbocycles. The quantitative estimate of drug-likeness (QED) is 0.648. The lowest BCUT2D eigenvalue weighted by atomic mass is 10.1. The van der Waals surface area contributed by atoms with Crippen LogP contribution in [0.4, 0.5) is 0 Å². The van der Waals surface area contributed by atoms with Gasteiger partial charge in [0.15, 0.2) is 0 Å². The first-order valence-electron chi connectivity index (χ1n) is 4.58. The largest absolute Gasteiger partial charge is 0.290 e. The van der Waals surface area contributed by atoms with E-state index in [9.17, 15) is 8.42 Å². The van der Waals surface area contributed by atoms with E-state index in [-0.39, 0.29) is 6.04 Å². The summed E-state index contributed by atoms with van der Waals surface area (Å²) in [4.78, 5) is 2.03. The second-order valence-corrected chi connectivity index (χ2v) is 5.38. The third kappa shape index (κ3) is 4.05. The van der Waals surface area contributed by atoms with Crippen molar-refractivity contribution in [2.24, 2.45) is 0 Å². The van der Waals surface area contributed by atoms with Crippen LogP contribution in [-0.4, -0.2) is 45.2 Å². The van der Waals surface area contributed by atoms with E-state index in [1.807, 2.05) is 4.90 Å². The zero-order valence-electron chi connectivity index (χ0n) is 8.23. The molecule has 1 aliphatic heterocycles. The van der Waals surface area contributed by atoms with Gasteiger partial charge in [0, 0.05) is 19.1 Å². The first-order chi connectivity index (χ1) is 6.51. The molecule has 1 aliphatic rings. The predicted octanol–water partition coefficient (Wildman–Crippen LogP) is -0.476. The monoisotopic (exact) mass is 217 g/mol. The minimum absolute atomic E-state index is 0.0416. The average molecular weight is 217 g/mol. The molecular formula is C8H15N3O2S. The van der Waals surface area contributed by atoms with Gasteiger partial charge in [-0.15, -0.1) is 0 Å². The van der Waals surface area contributed by atoms with Gasteiger partial charge >= 0.3 is 0 Å². The van der Waals surface area contributed by atoms with Gasteiger partial charge in [0.25, 0.3) is 0 Å². The summed E-state index contributed by atoms with van der Waals surface area (Å²) in [6, 6.07) is 2.13. The summed E-state index contributed by atoms with van der Waals surface area (Å²) in [5, 5.41) is 8.47. The Morgan fingerprint density at radius 3 is 2.50 bits per heavy atom. The molecule has 0 spiro atoms. The third-order valence-electron chi connectivity index (χ3n) is 2.26. The molecule has 0 bridgehead atoms. The fourth-order valence-electron chi connectivity index (χ4n) is 1.61. The standard InChI is InChI=1S/C8H15N3O2S/c1-14(12,13)10-8-2-5-11(6-3-8)7-4-9/h8,10H,2-3,5-7H2,1H3. The van der Waals surface area contributed by atoms with Crippen LogP contribution in [0.3, 0.4) is 0 Å². The molecule has 5 nitrogen and oxygen atoms in total. The summed E-state index contributed by atoms with van der Waals surface area (Å²) in [6.45, 7) is 2.02. The molecule has 0 aromatic carbocycles. The van der Waals surface area contributed by atoms with Crippen LogP contribution in [0.5, 0.6) is 0 Å². The van der Waals surface area contributed by atoms with Crippen LogP contribution < -0.4 is 4.72 Å². The molecule has 0 aromatic heterocycles. The Kier molecular flexibility index (Phi) is 3.86. The van der Waals surface area contributed by atoms with E-state index in [4.69, 9.17) is 5.26 Å². The van der Waals surface area contributed by atoms with Crippen molar-refractivity contribution in [3.05, 3.63) is 0 Å². The van der Waals surface area contributed by atoms with Crippen LogP contribution in [0.15, 0.2) is 0 Å². The molecule has 0 amide bonds. The summed E-state index contributed by atoms with van der Waals surface area (Å²) < 4.78 is 24.4. The van der Waals surface area contributed by atoms with Crippen molar-refractivity contribution in [3.8, 4) is 6.07 Å². The highest BCUT2D eigenvalue weighted by atomic mass is 32.2. The van der Waals surface area contributed by atoms with E-state index in [1.165, 1.54) is 6.26 Å². The van der Waals surface area contributed by atoms with Crippen molar-refractivity contribution in [1.29, 1.82) is 5.26 Å².